The van der Waals surface area contributed by atoms with Crippen LogP contribution in [0, 0.1) is 0 Å². The number of amides is 3. The molecule has 0 atom stereocenters. The summed E-state index contributed by atoms with van der Waals surface area (Å²) in [5.41, 5.74) is 0.744. The van der Waals surface area contributed by atoms with E-state index in [-0.39, 0.29) is 24.0 Å². The molecule has 0 aliphatic heterocycles. The summed E-state index contributed by atoms with van der Waals surface area (Å²) in [5, 5.41) is 2.91. The zero-order valence-electron chi connectivity index (χ0n) is 15.8. The van der Waals surface area contributed by atoms with Gasteiger partial charge in [-0.15, -0.1) is 6.58 Å². The number of rotatable bonds is 7. The third-order valence-electron chi connectivity index (χ3n) is 4.14. The van der Waals surface area contributed by atoms with Gasteiger partial charge in [0.1, 0.15) is 6.54 Å². The molecule has 6 heteroatoms. The molecule has 1 N–H and O–H groups in total. The van der Waals surface area contributed by atoms with Gasteiger partial charge >= 0.3 is 6.03 Å². The van der Waals surface area contributed by atoms with E-state index < -0.39 is 0 Å². The Morgan fingerprint density at radius 1 is 1.40 bits per heavy atom. The van der Waals surface area contributed by atoms with E-state index in [1.54, 1.807) is 6.08 Å². The molecule has 6 nitrogen and oxygen atoms in total. The number of carbonyl (C=O) groups excluding carboxylic acids is 2. The predicted octanol–water partition coefficient (Wildman–Crippen LogP) is 2.51. The fraction of sp³-hybridized carbons (Fsp3) is 0.579. The Kier molecular flexibility index (Phi) is 5.93. The first-order valence-corrected chi connectivity index (χ1v) is 8.79. The van der Waals surface area contributed by atoms with Gasteiger partial charge in [-0.25, -0.2) is 4.79 Å². The number of carbonyl (C=O) groups is 2. The van der Waals surface area contributed by atoms with Crippen LogP contribution in [-0.2, 0) is 18.4 Å². The molecule has 0 spiro atoms. The summed E-state index contributed by atoms with van der Waals surface area (Å²) in [5.74, 6) is -0.0189. The van der Waals surface area contributed by atoms with Crippen LogP contribution in [-0.4, -0.2) is 51.0 Å². The molecule has 0 bridgehead atoms. The first-order valence-electron chi connectivity index (χ1n) is 8.79. The van der Waals surface area contributed by atoms with Gasteiger partial charge in [-0.05, 0) is 45.7 Å². The summed E-state index contributed by atoms with van der Waals surface area (Å²) >= 11 is 0. The van der Waals surface area contributed by atoms with Gasteiger partial charge in [-0.2, -0.15) is 0 Å². The first-order chi connectivity index (χ1) is 11.7. The van der Waals surface area contributed by atoms with Crippen LogP contribution in [0.25, 0.3) is 0 Å². The summed E-state index contributed by atoms with van der Waals surface area (Å²) in [6.45, 7) is 10.5. The van der Waals surface area contributed by atoms with E-state index in [0.717, 1.165) is 18.5 Å². The molecule has 0 radical (unpaired) electrons. The van der Waals surface area contributed by atoms with E-state index >= 15 is 0 Å². The fourth-order valence-corrected chi connectivity index (χ4v) is 2.67. The summed E-state index contributed by atoms with van der Waals surface area (Å²) in [4.78, 5) is 28.7. The Balaban J connectivity index is 2.05. The van der Waals surface area contributed by atoms with Gasteiger partial charge in [0, 0.05) is 37.1 Å². The van der Waals surface area contributed by atoms with Crippen molar-refractivity contribution < 1.29 is 9.59 Å². The maximum absolute atomic E-state index is 12.9. The van der Waals surface area contributed by atoms with Crippen molar-refractivity contribution in [2.45, 2.75) is 51.7 Å². The third-order valence-corrected chi connectivity index (χ3v) is 4.14. The molecule has 1 fully saturated rings. The van der Waals surface area contributed by atoms with Gasteiger partial charge in [-0.1, -0.05) is 6.08 Å². The van der Waals surface area contributed by atoms with Crippen molar-refractivity contribution >= 4 is 11.9 Å². The molecule has 1 aliphatic rings. The Labute approximate surface area is 150 Å². The van der Waals surface area contributed by atoms with E-state index in [4.69, 9.17) is 0 Å². The number of nitrogens with zero attached hydrogens (tertiary/aromatic N) is 3. The van der Waals surface area contributed by atoms with E-state index in [0.29, 0.717) is 19.1 Å². The molecule has 0 aromatic carbocycles. The molecule has 1 aliphatic carbocycles. The second kappa shape index (κ2) is 7.76. The van der Waals surface area contributed by atoms with Crippen molar-refractivity contribution in [3.05, 3.63) is 36.7 Å². The maximum atomic E-state index is 12.9. The van der Waals surface area contributed by atoms with E-state index in [9.17, 15) is 9.59 Å². The molecule has 1 aromatic rings. The van der Waals surface area contributed by atoms with Crippen LogP contribution in [0.3, 0.4) is 0 Å². The fourth-order valence-electron chi connectivity index (χ4n) is 2.67. The Hall–Kier alpha value is -2.24. The Morgan fingerprint density at radius 2 is 2.08 bits per heavy atom. The molecule has 25 heavy (non-hydrogen) atoms. The van der Waals surface area contributed by atoms with Crippen LogP contribution >= 0.6 is 0 Å². The first kappa shape index (κ1) is 19.1. The average molecular weight is 346 g/mol. The Morgan fingerprint density at radius 3 is 2.56 bits per heavy atom. The molecule has 2 rings (SSSR count). The van der Waals surface area contributed by atoms with Crippen LogP contribution in [0.5, 0.6) is 0 Å². The quantitative estimate of drug-likeness (QED) is 0.771. The molecule has 3 amide bonds. The number of nitrogens with one attached hydrogen (secondary N) is 1. The third kappa shape index (κ3) is 5.66. The lowest BCUT2D eigenvalue weighted by atomic mass is 10.1. The van der Waals surface area contributed by atoms with E-state index in [2.05, 4.69) is 11.9 Å². The summed E-state index contributed by atoms with van der Waals surface area (Å²) in [6.07, 6.45) is 5.69. The minimum absolute atomic E-state index is 0.0189. The summed E-state index contributed by atoms with van der Waals surface area (Å²) < 4.78 is 2.02. The van der Waals surface area contributed by atoms with Gasteiger partial charge in [0.25, 0.3) is 0 Å². The topological polar surface area (TPSA) is 57.6 Å². The van der Waals surface area contributed by atoms with E-state index in [1.165, 1.54) is 4.90 Å². The van der Waals surface area contributed by atoms with Crippen LogP contribution in [0.1, 0.15) is 39.3 Å². The molecule has 1 heterocycles. The monoisotopic (exact) mass is 346 g/mol. The number of aryl methyl sites for hydroxylation is 1. The largest absolute Gasteiger partial charge is 0.353 e. The average Bonchev–Trinajstić information content (AvgIpc) is 3.25. The van der Waals surface area contributed by atoms with Crippen molar-refractivity contribution in [2.75, 3.05) is 13.1 Å². The number of urea groups is 1. The lowest BCUT2D eigenvalue weighted by molar-refractivity contribution is -0.133. The van der Waals surface area contributed by atoms with Gasteiger partial charge < -0.3 is 19.7 Å². The van der Waals surface area contributed by atoms with Crippen LogP contribution in [0.2, 0.25) is 0 Å². The van der Waals surface area contributed by atoms with Crippen LogP contribution in [0.4, 0.5) is 4.79 Å². The van der Waals surface area contributed by atoms with Crippen molar-refractivity contribution in [3.8, 4) is 0 Å². The van der Waals surface area contributed by atoms with Crippen molar-refractivity contribution in [3.63, 3.8) is 0 Å². The number of aromatic nitrogens is 1. The lowest BCUT2D eigenvalue weighted by Gasteiger charge is -2.30. The van der Waals surface area contributed by atoms with Gasteiger partial charge in [0.2, 0.25) is 5.91 Å². The molecule has 0 unspecified atom stereocenters. The van der Waals surface area contributed by atoms with Gasteiger partial charge in [0.05, 0.1) is 6.54 Å². The summed E-state index contributed by atoms with van der Waals surface area (Å²) in [6, 6.07) is 4.05. The zero-order valence-corrected chi connectivity index (χ0v) is 15.8. The minimum atomic E-state index is -0.348. The molecular formula is C19H30N4O2. The SMILES string of the molecule is C=CCN(CC(=O)N(Cc1cccn1C)C1CC1)C(=O)NC(C)(C)C. The van der Waals surface area contributed by atoms with Crippen molar-refractivity contribution in [1.29, 1.82) is 0 Å². The molecule has 0 saturated heterocycles. The van der Waals surface area contributed by atoms with Crippen molar-refractivity contribution in [1.82, 2.24) is 19.7 Å². The second-order valence-corrected chi connectivity index (χ2v) is 7.71. The zero-order chi connectivity index (χ0) is 18.6. The van der Waals surface area contributed by atoms with Gasteiger partial charge in [0.15, 0.2) is 0 Å². The minimum Gasteiger partial charge on any atom is -0.353 e. The highest BCUT2D eigenvalue weighted by Crippen LogP contribution is 2.28. The lowest BCUT2D eigenvalue weighted by Crippen LogP contribution is -2.51. The van der Waals surface area contributed by atoms with E-state index in [1.807, 2.05) is 55.6 Å². The predicted molar refractivity (Wildman–Crippen MR) is 99.0 cm³/mol. The summed E-state index contributed by atoms with van der Waals surface area (Å²) in [7, 11) is 1.98. The highest BCUT2D eigenvalue weighted by molar-refractivity contribution is 5.84. The smallest absolute Gasteiger partial charge is 0.318 e. The normalized spacial score (nSPS) is 14.1. The number of hydrogen-bond donors (Lipinski definition) is 1. The standard InChI is InChI=1S/C19H30N4O2/c1-6-11-22(18(25)20-19(2,3)4)14-17(24)23(15-9-10-15)13-16-8-7-12-21(16)5/h6-8,12,15H,1,9-11,13-14H2,2-5H3,(H,20,25). The number of hydrogen-bond acceptors (Lipinski definition) is 2. The molecule has 138 valence electrons. The Bertz CT molecular complexity index is 626. The van der Waals surface area contributed by atoms with Crippen LogP contribution in [0.15, 0.2) is 31.0 Å². The van der Waals surface area contributed by atoms with Gasteiger partial charge in [-0.3, -0.25) is 4.79 Å². The van der Waals surface area contributed by atoms with Crippen LogP contribution < -0.4 is 5.32 Å². The molecular weight excluding hydrogens is 316 g/mol. The molecule has 1 saturated carbocycles. The highest BCUT2D eigenvalue weighted by atomic mass is 16.2. The maximum Gasteiger partial charge on any atom is 0.318 e. The second-order valence-electron chi connectivity index (χ2n) is 7.71. The van der Waals surface area contributed by atoms with Crippen molar-refractivity contribution in [2.24, 2.45) is 7.05 Å². The highest BCUT2D eigenvalue weighted by Gasteiger charge is 2.34. The molecule has 1 aromatic heterocycles.